The number of allylic oxidation sites excluding steroid dienone is 1. The van der Waals surface area contributed by atoms with Crippen molar-refractivity contribution in [2.45, 2.75) is 20.3 Å². The summed E-state index contributed by atoms with van der Waals surface area (Å²) in [6, 6.07) is 16.3. The first-order chi connectivity index (χ1) is 13.1. The Balaban J connectivity index is 1.77. The van der Waals surface area contributed by atoms with Gasteiger partial charge in [0.25, 0.3) is 0 Å². The van der Waals surface area contributed by atoms with Gasteiger partial charge in [-0.25, -0.2) is 9.50 Å². The van der Waals surface area contributed by atoms with Crippen LogP contribution in [0.2, 0.25) is 0 Å². The Morgan fingerprint density at radius 3 is 2.67 bits per heavy atom. The molecule has 0 aliphatic heterocycles. The van der Waals surface area contributed by atoms with Crippen molar-refractivity contribution in [1.82, 2.24) is 14.6 Å². The normalized spacial score (nSPS) is 12.7. The first-order valence-electron chi connectivity index (χ1n) is 9.10. The zero-order chi connectivity index (χ0) is 18.5. The second-order valence-electron chi connectivity index (χ2n) is 7.03. The third-order valence-electron chi connectivity index (χ3n) is 5.25. The third kappa shape index (κ3) is 2.37. The molecular formula is C23H19N3O. The number of imidazole rings is 1. The molecule has 0 bridgehead atoms. The van der Waals surface area contributed by atoms with Crippen molar-refractivity contribution in [2.24, 2.45) is 0 Å². The molecule has 0 unspecified atom stereocenters. The van der Waals surface area contributed by atoms with Crippen LogP contribution in [0.3, 0.4) is 0 Å². The largest absolute Gasteiger partial charge is 0.296 e. The summed E-state index contributed by atoms with van der Waals surface area (Å²) in [4.78, 5) is 17.9. The minimum absolute atomic E-state index is 0.0431. The zero-order valence-corrected chi connectivity index (χ0v) is 15.3. The second-order valence-corrected chi connectivity index (χ2v) is 7.03. The van der Waals surface area contributed by atoms with Gasteiger partial charge in [-0.1, -0.05) is 54.6 Å². The molecule has 1 aliphatic carbocycles. The van der Waals surface area contributed by atoms with Crippen molar-refractivity contribution >= 4 is 11.7 Å². The van der Waals surface area contributed by atoms with E-state index in [1.165, 1.54) is 11.1 Å². The average Bonchev–Trinajstić information content (AvgIpc) is 3.26. The highest BCUT2D eigenvalue weighted by Gasteiger charge is 2.19. The predicted octanol–water partition coefficient (Wildman–Crippen LogP) is 4.54. The number of benzene rings is 2. The molecule has 4 aromatic rings. The number of aromatic nitrogens is 3. The molecule has 4 heteroatoms. The molecule has 0 radical (unpaired) electrons. The number of H-pyrrole nitrogens is 1. The molecule has 27 heavy (non-hydrogen) atoms. The number of hydrogen-bond donors (Lipinski definition) is 1. The van der Waals surface area contributed by atoms with E-state index >= 15 is 0 Å². The van der Waals surface area contributed by atoms with E-state index in [0.29, 0.717) is 11.2 Å². The van der Waals surface area contributed by atoms with E-state index in [-0.39, 0.29) is 5.43 Å². The number of aryl methyl sites for hydroxylation is 2. The highest BCUT2D eigenvalue weighted by Crippen LogP contribution is 2.28. The quantitative estimate of drug-likeness (QED) is 0.575. The summed E-state index contributed by atoms with van der Waals surface area (Å²) < 4.78 is 1.82. The summed E-state index contributed by atoms with van der Waals surface area (Å²) in [6.45, 7) is 3.89. The van der Waals surface area contributed by atoms with E-state index in [0.717, 1.165) is 34.6 Å². The van der Waals surface area contributed by atoms with Crippen LogP contribution in [-0.2, 0) is 6.42 Å². The van der Waals surface area contributed by atoms with Crippen molar-refractivity contribution in [3.05, 3.63) is 87.3 Å². The number of fused-ring (bicyclic) bond motifs is 2. The van der Waals surface area contributed by atoms with Crippen LogP contribution in [0.15, 0.2) is 59.4 Å². The van der Waals surface area contributed by atoms with Crippen LogP contribution >= 0.6 is 0 Å². The summed E-state index contributed by atoms with van der Waals surface area (Å²) >= 11 is 0. The van der Waals surface area contributed by atoms with Gasteiger partial charge in [0.2, 0.25) is 11.1 Å². The Morgan fingerprint density at radius 1 is 1.04 bits per heavy atom. The summed E-state index contributed by atoms with van der Waals surface area (Å²) in [6.07, 6.45) is 5.23. The summed E-state index contributed by atoms with van der Waals surface area (Å²) in [5.74, 6) is 0. The molecule has 0 atom stereocenters. The fraction of sp³-hybridized carbons (Fsp3) is 0.130. The number of hydrogen-bond acceptors (Lipinski definition) is 2. The third-order valence-corrected chi connectivity index (χ3v) is 5.25. The maximum Gasteiger partial charge on any atom is 0.232 e. The Bertz CT molecular complexity index is 1280. The van der Waals surface area contributed by atoms with Crippen LogP contribution in [-0.4, -0.2) is 14.6 Å². The van der Waals surface area contributed by atoms with Gasteiger partial charge in [0.15, 0.2) is 0 Å². The number of aromatic amines is 1. The van der Waals surface area contributed by atoms with Crippen LogP contribution in [0.4, 0.5) is 0 Å². The summed E-state index contributed by atoms with van der Waals surface area (Å²) in [7, 11) is 0. The molecule has 2 aromatic carbocycles. The van der Waals surface area contributed by atoms with Gasteiger partial charge in [0, 0.05) is 11.3 Å². The highest BCUT2D eigenvalue weighted by atomic mass is 16.1. The van der Waals surface area contributed by atoms with E-state index < -0.39 is 0 Å². The average molecular weight is 353 g/mol. The first kappa shape index (κ1) is 15.8. The molecule has 0 amide bonds. The van der Waals surface area contributed by atoms with Crippen LogP contribution < -0.4 is 5.43 Å². The molecule has 0 saturated carbocycles. The SMILES string of the molecule is Cc1nc2c(=O)c(-c3ccc4c(c3)C=CC4)c(C)[nH]n2c1-c1ccccc1. The standard InChI is InChI=1S/C23H19N3O/c1-14-20(19-12-11-16-9-6-10-18(16)13-19)22(27)23-24-15(2)21(26(23)25-14)17-7-4-3-5-8-17/h3-8,10-13,25H,9H2,1-2H3. The number of nitrogens with zero attached hydrogens (tertiary/aromatic N) is 2. The topological polar surface area (TPSA) is 50.2 Å². The van der Waals surface area contributed by atoms with Crippen molar-refractivity contribution in [3.8, 4) is 22.4 Å². The fourth-order valence-corrected chi connectivity index (χ4v) is 3.98. The lowest BCUT2D eigenvalue weighted by Crippen LogP contribution is -2.14. The predicted molar refractivity (Wildman–Crippen MR) is 109 cm³/mol. The van der Waals surface area contributed by atoms with E-state index in [4.69, 9.17) is 0 Å². The molecule has 0 saturated heterocycles. The summed E-state index contributed by atoms with van der Waals surface area (Å²) in [5, 5.41) is 3.39. The van der Waals surface area contributed by atoms with Crippen LogP contribution in [0.25, 0.3) is 34.1 Å². The molecule has 132 valence electrons. The van der Waals surface area contributed by atoms with Gasteiger partial charge in [-0.05, 0) is 43.0 Å². The second kappa shape index (κ2) is 5.81. The molecule has 0 spiro atoms. The maximum absolute atomic E-state index is 13.3. The van der Waals surface area contributed by atoms with Crippen LogP contribution in [0.5, 0.6) is 0 Å². The van der Waals surface area contributed by atoms with Crippen LogP contribution in [0.1, 0.15) is 22.5 Å². The number of nitrogens with one attached hydrogen (secondary N) is 1. The molecule has 1 N–H and O–H groups in total. The fourth-order valence-electron chi connectivity index (χ4n) is 3.98. The lowest BCUT2D eigenvalue weighted by molar-refractivity contribution is 0.902. The molecular weight excluding hydrogens is 334 g/mol. The van der Waals surface area contributed by atoms with E-state index in [1.54, 1.807) is 0 Å². The van der Waals surface area contributed by atoms with E-state index in [2.05, 4.69) is 34.4 Å². The smallest absolute Gasteiger partial charge is 0.232 e. The van der Waals surface area contributed by atoms with Crippen molar-refractivity contribution in [2.75, 3.05) is 0 Å². The molecule has 1 aliphatic rings. The van der Waals surface area contributed by atoms with Gasteiger partial charge < -0.3 is 0 Å². The van der Waals surface area contributed by atoms with Gasteiger partial charge in [-0.2, -0.15) is 0 Å². The minimum Gasteiger partial charge on any atom is -0.296 e. The molecule has 4 nitrogen and oxygen atoms in total. The van der Waals surface area contributed by atoms with Gasteiger partial charge in [0.1, 0.15) is 0 Å². The first-order valence-corrected chi connectivity index (χ1v) is 9.10. The van der Waals surface area contributed by atoms with Crippen molar-refractivity contribution < 1.29 is 0 Å². The lowest BCUT2D eigenvalue weighted by atomic mass is 9.99. The zero-order valence-electron chi connectivity index (χ0n) is 15.3. The molecule has 5 rings (SSSR count). The highest BCUT2D eigenvalue weighted by molar-refractivity contribution is 5.76. The molecule has 2 aromatic heterocycles. The molecule has 0 fully saturated rings. The molecule has 2 heterocycles. The van der Waals surface area contributed by atoms with E-state index in [1.807, 2.05) is 54.8 Å². The monoisotopic (exact) mass is 353 g/mol. The Kier molecular flexibility index (Phi) is 3.41. The Labute approximate surface area is 156 Å². The Morgan fingerprint density at radius 2 is 1.85 bits per heavy atom. The van der Waals surface area contributed by atoms with Crippen molar-refractivity contribution in [3.63, 3.8) is 0 Å². The van der Waals surface area contributed by atoms with Gasteiger partial charge in [0.05, 0.1) is 17.0 Å². The summed E-state index contributed by atoms with van der Waals surface area (Å²) in [5.41, 5.74) is 8.14. The van der Waals surface area contributed by atoms with Gasteiger partial charge in [-0.15, -0.1) is 0 Å². The van der Waals surface area contributed by atoms with E-state index in [9.17, 15) is 4.79 Å². The Hall–Kier alpha value is -3.40. The van der Waals surface area contributed by atoms with Crippen LogP contribution in [0, 0.1) is 13.8 Å². The van der Waals surface area contributed by atoms with Crippen molar-refractivity contribution in [1.29, 1.82) is 0 Å². The number of rotatable bonds is 2. The lowest BCUT2D eigenvalue weighted by Gasteiger charge is -2.10. The minimum atomic E-state index is -0.0431. The van der Waals surface area contributed by atoms with Gasteiger partial charge >= 0.3 is 0 Å². The maximum atomic E-state index is 13.3. The van der Waals surface area contributed by atoms with Gasteiger partial charge in [-0.3, -0.25) is 9.89 Å².